The maximum atomic E-state index is 12.0. The van der Waals surface area contributed by atoms with Crippen molar-refractivity contribution < 1.29 is 9.53 Å². The first kappa shape index (κ1) is 17.6. The molecule has 1 saturated heterocycles. The first-order valence-corrected chi connectivity index (χ1v) is 8.78. The maximum Gasteiger partial charge on any atom is 0.408 e. The molecular weight excluding hydrogens is 272 g/mol. The number of carbonyl (C=O) groups excluding carboxylic acids is 1. The van der Waals surface area contributed by atoms with Crippen LogP contribution in [0.15, 0.2) is 0 Å². The molecule has 20 heavy (non-hydrogen) atoms. The molecule has 4 nitrogen and oxygen atoms in total. The summed E-state index contributed by atoms with van der Waals surface area (Å²) < 4.78 is 5.39. The summed E-state index contributed by atoms with van der Waals surface area (Å²) in [6.07, 6.45) is 2.70. The molecule has 0 bridgehead atoms. The molecule has 1 atom stereocenters. The van der Waals surface area contributed by atoms with Crippen molar-refractivity contribution in [3.8, 4) is 0 Å². The summed E-state index contributed by atoms with van der Waals surface area (Å²) in [5, 5.41) is 6.68. The van der Waals surface area contributed by atoms with Gasteiger partial charge in [0, 0.05) is 18.3 Å². The Bertz CT molecular complexity index is 305. The lowest BCUT2D eigenvalue weighted by Gasteiger charge is -2.35. The van der Waals surface area contributed by atoms with Crippen LogP contribution in [0.2, 0.25) is 0 Å². The van der Waals surface area contributed by atoms with Gasteiger partial charge in [-0.3, -0.25) is 0 Å². The minimum Gasteiger partial charge on any atom is -0.444 e. The van der Waals surface area contributed by atoms with Crippen LogP contribution in [0.4, 0.5) is 4.79 Å². The van der Waals surface area contributed by atoms with Crippen molar-refractivity contribution in [2.75, 3.05) is 18.1 Å². The average Bonchev–Trinajstić information content (AvgIpc) is 2.85. The Morgan fingerprint density at radius 2 is 1.95 bits per heavy atom. The molecule has 118 valence electrons. The van der Waals surface area contributed by atoms with E-state index in [1.54, 1.807) is 0 Å². The normalized spacial score (nSPS) is 19.9. The van der Waals surface area contributed by atoms with Crippen LogP contribution in [0.3, 0.4) is 0 Å². The van der Waals surface area contributed by atoms with Gasteiger partial charge >= 0.3 is 6.09 Å². The second kappa shape index (κ2) is 7.55. The fraction of sp³-hybridized carbons (Fsp3) is 0.933. The minimum absolute atomic E-state index is 0.213. The van der Waals surface area contributed by atoms with Crippen LogP contribution in [0.25, 0.3) is 0 Å². The second-order valence-corrected chi connectivity index (χ2v) is 7.71. The van der Waals surface area contributed by atoms with Gasteiger partial charge in [0.05, 0.1) is 5.54 Å². The number of alkyl carbamates (subject to hydrolysis) is 1. The smallest absolute Gasteiger partial charge is 0.408 e. The predicted octanol–water partition coefficient (Wildman–Crippen LogP) is 3.17. The van der Waals surface area contributed by atoms with E-state index in [0.29, 0.717) is 6.04 Å². The molecule has 0 aromatic rings. The van der Waals surface area contributed by atoms with Gasteiger partial charge in [-0.2, -0.15) is 11.8 Å². The van der Waals surface area contributed by atoms with Gasteiger partial charge in [-0.1, -0.05) is 13.8 Å². The van der Waals surface area contributed by atoms with Crippen molar-refractivity contribution in [1.29, 1.82) is 0 Å². The third-order valence-electron chi connectivity index (χ3n) is 3.78. The van der Waals surface area contributed by atoms with Crippen LogP contribution in [0.1, 0.15) is 53.9 Å². The summed E-state index contributed by atoms with van der Waals surface area (Å²) in [5.74, 6) is 2.42. The third-order valence-corrected chi connectivity index (χ3v) is 4.94. The van der Waals surface area contributed by atoms with Gasteiger partial charge in [0.1, 0.15) is 5.60 Å². The van der Waals surface area contributed by atoms with Crippen LogP contribution in [0, 0.1) is 0 Å². The van der Waals surface area contributed by atoms with E-state index in [4.69, 9.17) is 4.74 Å². The van der Waals surface area contributed by atoms with E-state index in [-0.39, 0.29) is 11.6 Å². The van der Waals surface area contributed by atoms with E-state index in [0.717, 1.165) is 19.4 Å². The largest absolute Gasteiger partial charge is 0.444 e. The summed E-state index contributed by atoms with van der Waals surface area (Å²) in [6, 6.07) is 0.581. The van der Waals surface area contributed by atoms with Gasteiger partial charge in [0.2, 0.25) is 0 Å². The Labute approximate surface area is 127 Å². The molecule has 1 amide bonds. The molecule has 1 aliphatic heterocycles. The van der Waals surface area contributed by atoms with E-state index in [9.17, 15) is 4.79 Å². The zero-order valence-corrected chi connectivity index (χ0v) is 14.4. The molecule has 0 radical (unpaired) electrons. The number of amides is 1. The molecule has 0 spiro atoms. The van der Waals surface area contributed by atoms with Crippen molar-refractivity contribution >= 4 is 17.9 Å². The van der Waals surface area contributed by atoms with Crippen LogP contribution in [0.5, 0.6) is 0 Å². The number of thioether (sulfide) groups is 1. The van der Waals surface area contributed by atoms with E-state index in [1.807, 2.05) is 32.5 Å². The molecule has 2 N–H and O–H groups in total. The lowest BCUT2D eigenvalue weighted by atomic mass is 9.92. The Morgan fingerprint density at radius 3 is 2.40 bits per heavy atom. The molecule has 1 fully saturated rings. The first-order chi connectivity index (χ1) is 9.30. The topological polar surface area (TPSA) is 50.4 Å². The molecule has 1 rings (SSSR count). The summed E-state index contributed by atoms with van der Waals surface area (Å²) in [5.41, 5.74) is -0.664. The molecule has 0 aromatic heterocycles. The summed E-state index contributed by atoms with van der Waals surface area (Å²) in [7, 11) is 0. The highest BCUT2D eigenvalue weighted by atomic mass is 32.2. The van der Waals surface area contributed by atoms with Crippen molar-refractivity contribution in [2.45, 2.75) is 71.1 Å². The first-order valence-electron chi connectivity index (χ1n) is 7.62. The quantitative estimate of drug-likeness (QED) is 0.791. The van der Waals surface area contributed by atoms with Crippen molar-refractivity contribution in [3.05, 3.63) is 0 Å². The van der Waals surface area contributed by atoms with Crippen LogP contribution < -0.4 is 10.6 Å². The van der Waals surface area contributed by atoms with Gasteiger partial charge in [0.15, 0.2) is 0 Å². The van der Waals surface area contributed by atoms with Crippen LogP contribution >= 0.6 is 11.8 Å². The highest BCUT2D eigenvalue weighted by molar-refractivity contribution is 7.99. The van der Waals surface area contributed by atoms with E-state index in [2.05, 4.69) is 24.5 Å². The zero-order valence-electron chi connectivity index (χ0n) is 13.5. The Hall–Kier alpha value is -0.420. The van der Waals surface area contributed by atoms with Crippen molar-refractivity contribution in [2.24, 2.45) is 0 Å². The van der Waals surface area contributed by atoms with Crippen LogP contribution in [-0.4, -0.2) is 41.3 Å². The molecule has 0 aliphatic carbocycles. The number of nitrogens with one attached hydrogen (secondary N) is 2. The number of carbonyl (C=O) groups is 1. The molecular formula is C15H30N2O2S. The number of hydrogen-bond acceptors (Lipinski definition) is 4. The zero-order chi connectivity index (χ0) is 15.2. The van der Waals surface area contributed by atoms with Gasteiger partial charge in [-0.05, 0) is 45.8 Å². The van der Waals surface area contributed by atoms with E-state index >= 15 is 0 Å². The third kappa shape index (κ3) is 5.92. The Balaban J connectivity index is 2.53. The molecule has 1 unspecified atom stereocenters. The number of ether oxygens (including phenoxy) is 1. The summed E-state index contributed by atoms with van der Waals surface area (Å²) in [4.78, 5) is 12.0. The molecule has 0 saturated carbocycles. The number of hydrogen-bond donors (Lipinski definition) is 2. The van der Waals surface area contributed by atoms with Gasteiger partial charge < -0.3 is 15.4 Å². The minimum atomic E-state index is -0.452. The fourth-order valence-corrected chi connectivity index (χ4v) is 3.46. The molecule has 1 heterocycles. The highest BCUT2D eigenvalue weighted by Gasteiger charge is 2.31. The van der Waals surface area contributed by atoms with E-state index < -0.39 is 5.60 Å². The number of rotatable bonds is 6. The maximum absolute atomic E-state index is 12.0. The average molecular weight is 302 g/mol. The monoisotopic (exact) mass is 302 g/mol. The van der Waals surface area contributed by atoms with Crippen molar-refractivity contribution in [3.63, 3.8) is 0 Å². The second-order valence-electron chi connectivity index (χ2n) is 6.56. The van der Waals surface area contributed by atoms with Gasteiger partial charge in [0.25, 0.3) is 0 Å². The predicted molar refractivity (Wildman–Crippen MR) is 86.4 cm³/mol. The standard InChI is InChI=1S/C15H30N2O2S/c1-6-15(7-2,11-16-12-8-9-20-10-12)17-13(18)19-14(3,4)5/h12,16H,6-11H2,1-5H3,(H,17,18). The van der Waals surface area contributed by atoms with Crippen LogP contribution in [-0.2, 0) is 4.74 Å². The van der Waals surface area contributed by atoms with Gasteiger partial charge in [-0.25, -0.2) is 4.79 Å². The SMILES string of the molecule is CCC(CC)(CNC1CCSC1)NC(=O)OC(C)(C)C. The molecule has 5 heteroatoms. The lowest BCUT2D eigenvalue weighted by molar-refractivity contribution is 0.0444. The fourth-order valence-electron chi connectivity index (χ4n) is 2.28. The van der Waals surface area contributed by atoms with E-state index in [1.165, 1.54) is 17.9 Å². The van der Waals surface area contributed by atoms with Gasteiger partial charge in [-0.15, -0.1) is 0 Å². The Kier molecular flexibility index (Phi) is 6.65. The van der Waals surface area contributed by atoms with Crippen molar-refractivity contribution in [1.82, 2.24) is 10.6 Å². The summed E-state index contributed by atoms with van der Waals surface area (Å²) in [6.45, 7) is 10.7. The Morgan fingerprint density at radius 1 is 1.30 bits per heavy atom. The molecule has 1 aliphatic rings. The highest BCUT2D eigenvalue weighted by Crippen LogP contribution is 2.20. The molecule has 0 aromatic carbocycles. The summed E-state index contributed by atoms with van der Waals surface area (Å²) >= 11 is 2.00. The lowest BCUT2D eigenvalue weighted by Crippen LogP contribution is -2.56.